The summed E-state index contributed by atoms with van der Waals surface area (Å²) in [6, 6.07) is 8.97. The molecule has 114 valence electrons. The van der Waals surface area contributed by atoms with Crippen LogP contribution in [0.3, 0.4) is 0 Å². The molecule has 0 radical (unpaired) electrons. The van der Waals surface area contributed by atoms with Crippen molar-refractivity contribution in [2.45, 2.75) is 33.1 Å². The summed E-state index contributed by atoms with van der Waals surface area (Å²) in [6.07, 6.45) is 0. The van der Waals surface area contributed by atoms with E-state index in [1.54, 1.807) is 18.2 Å². The van der Waals surface area contributed by atoms with E-state index in [2.05, 4.69) is 31.0 Å². The molecule has 22 heavy (non-hydrogen) atoms. The first-order valence-corrected chi connectivity index (χ1v) is 7.51. The number of nitrogens with zero attached hydrogens (tertiary/aromatic N) is 3. The predicted octanol–water partition coefficient (Wildman–Crippen LogP) is 4.39. The molecule has 0 saturated heterocycles. The molecule has 1 aromatic heterocycles. The van der Waals surface area contributed by atoms with Crippen molar-refractivity contribution >= 4 is 22.6 Å². The molecule has 3 aromatic rings. The van der Waals surface area contributed by atoms with E-state index in [1.165, 1.54) is 4.80 Å². The first kappa shape index (κ1) is 14.9. The van der Waals surface area contributed by atoms with E-state index < -0.39 is 0 Å². The quantitative estimate of drug-likeness (QED) is 0.724. The second-order valence-corrected chi connectivity index (χ2v) is 6.93. The van der Waals surface area contributed by atoms with Gasteiger partial charge >= 0.3 is 0 Å². The van der Waals surface area contributed by atoms with Gasteiger partial charge in [-0.1, -0.05) is 38.4 Å². The van der Waals surface area contributed by atoms with Crippen LogP contribution in [0.5, 0.6) is 5.75 Å². The van der Waals surface area contributed by atoms with Gasteiger partial charge in [0.25, 0.3) is 0 Å². The van der Waals surface area contributed by atoms with Gasteiger partial charge in [-0.3, -0.25) is 0 Å². The fourth-order valence-corrected chi connectivity index (χ4v) is 2.98. The highest BCUT2D eigenvalue weighted by molar-refractivity contribution is 6.31. The molecule has 1 N–H and O–H groups in total. The third-order valence-electron chi connectivity index (χ3n) is 3.66. The molecule has 0 bridgehead atoms. The van der Waals surface area contributed by atoms with Crippen LogP contribution in [0.2, 0.25) is 5.02 Å². The van der Waals surface area contributed by atoms with Crippen LogP contribution in [-0.4, -0.2) is 20.1 Å². The van der Waals surface area contributed by atoms with E-state index in [9.17, 15) is 5.11 Å². The van der Waals surface area contributed by atoms with Crippen LogP contribution in [0.25, 0.3) is 16.7 Å². The van der Waals surface area contributed by atoms with Crippen molar-refractivity contribution in [3.8, 4) is 11.4 Å². The summed E-state index contributed by atoms with van der Waals surface area (Å²) in [5.74, 6) is 0.168. The highest BCUT2D eigenvalue weighted by Crippen LogP contribution is 2.36. The molecule has 0 aliphatic heterocycles. The Morgan fingerprint density at radius 2 is 1.73 bits per heavy atom. The monoisotopic (exact) mass is 315 g/mol. The van der Waals surface area contributed by atoms with Crippen molar-refractivity contribution in [2.24, 2.45) is 0 Å². The third-order valence-corrected chi connectivity index (χ3v) is 3.89. The fraction of sp³-hybridized carbons (Fsp3) is 0.294. The Labute approximate surface area is 134 Å². The summed E-state index contributed by atoms with van der Waals surface area (Å²) >= 11 is 6.01. The average Bonchev–Trinajstić information content (AvgIpc) is 2.82. The summed E-state index contributed by atoms with van der Waals surface area (Å²) in [4.78, 5) is 1.50. The predicted molar refractivity (Wildman–Crippen MR) is 89.0 cm³/mol. The molecule has 0 amide bonds. The zero-order valence-electron chi connectivity index (χ0n) is 13.1. The number of phenolic OH excluding ortho intramolecular Hbond substituents is 1. The smallest absolute Gasteiger partial charge is 0.143 e. The first-order valence-electron chi connectivity index (χ1n) is 7.13. The Morgan fingerprint density at radius 1 is 1.05 bits per heavy atom. The Bertz CT molecular complexity index is 862. The lowest BCUT2D eigenvalue weighted by molar-refractivity contribution is 0.461. The van der Waals surface area contributed by atoms with Crippen LogP contribution in [0, 0.1) is 6.92 Å². The molecule has 2 aromatic carbocycles. The lowest BCUT2D eigenvalue weighted by atomic mass is 9.82. The van der Waals surface area contributed by atoms with Gasteiger partial charge in [0.15, 0.2) is 0 Å². The molecule has 4 nitrogen and oxygen atoms in total. The highest BCUT2D eigenvalue weighted by atomic mass is 35.5. The second-order valence-electron chi connectivity index (χ2n) is 6.50. The minimum absolute atomic E-state index is 0.143. The summed E-state index contributed by atoms with van der Waals surface area (Å²) in [6.45, 7) is 8.36. The number of hydrogen-bond acceptors (Lipinski definition) is 3. The Balaban J connectivity index is 2.32. The average molecular weight is 316 g/mol. The van der Waals surface area contributed by atoms with E-state index in [0.717, 1.165) is 16.6 Å². The minimum atomic E-state index is -0.143. The van der Waals surface area contributed by atoms with E-state index in [-0.39, 0.29) is 11.2 Å². The Hall–Kier alpha value is -2.07. The molecule has 0 fully saturated rings. The zero-order chi connectivity index (χ0) is 16.1. The summed E-state index contributed by atoms with van der Waals surface area (Å²) in [5, 5.41) is 20.0. The van der Waals surface area contributed by atoms with Gasteiger partial charge in [-0.2, -0.15) is 0 Å². The van der Waals surface area contributed by atoms with Crippen molar-refractivity contribution in [3.63, 3.8) is 0 Å². The normalized spacial score (nSPS) is 12.0. The lowest BCUT2D eigenvalue weighted by Crippen LogP contribution is -2.18. The molecule has 5 heteroatoms. The Kier molecular flexibility index (Phi) is 3.37. The number of hydrogen-bond donors (Lipinski definition) is 1. The van der Waals surface area contributed by atoms with Crippen molar-refractivity contribution in [3.05, 3.63) is 46.5 Å². The maximum atomic E-state index is 10.4. The molecule has 3 rings (SSSR count). The topological polar surface area (TPSA) is 50.9 Å². The summed E-state index contributed by atoms with van der Waals surface area (Å²) in [5.41, 5.74) is 4.05. The maximum absolute atomic E-state index is 10.4. The van der Waals surface area contributed by atoms with E-state index in [4.69, 9.17) is 11.6 Å². The van der Waals surface area contributed by atoms with E-state index in [1.807, 2.05) is 19.1 Å². The molecular weight excluding hydrogens is 298 g/mol. The maximum Gasteiger partial charge on any atom is 0.143 e. The highest BCUT2D eigenvalue weighted by Gasteiger charge is 2.25. The van der Waals surface area contributed by atoms with Gasteiger partial charge in [0, 0.05) is 5.02 Å². The standard InChI is InChI=1S/C17H18ClN3O/c1-10-5-8-14(22)16(15(10)17(2,3)4)21-19-12-7-6-11(18)9-13(12)20-21/h5-9,22H,1-4H3. The number of aryl methyl sites for hydroxylation is 1. The van der Waals surface area contributed by atoms with E-state index >= 15 is 0 Å². The molecule has 0 atom stereocenters. The number of rotatable bonds is 1. The summed E-state index contributed by atoms with van der Waals surface area (Å²) in [7, 11) is 0. The fourth-order valence-electron chi connectivity index (χ4n) is 2.82. The number of aromatic hydroxyl groups is 1. The van der Waals surface area contributed by atoms with Gasteiger partial charge < -0.3 is 5.11 Å². The molecule has 0 aliphatic rings. The number of benzene rings is 2. The number of phenols is 1. The van der Waals surface area contributed by atoms with Crippen LogP contribution in [0.1, 0.15) is 31.9 Å². The third kappa shape index (κ3) is 2.44. The number of fused-ring (bicyclic) bond motifs is 1. The van der Waals surface area contributed by atoms with Crippen molar-refractivity contribution < 1.29 is 5.11 Å². The lowest BCUT2D eigenvalue weighted by Gasteiger charge is -2.25. The Morgan fingerprint density at radius 3 is 2.41 bits per heavy atom. The van der Waals surface area contributed by atoms with Crippen molar-refractivity contribution in [2.75, 3.05) is 0 Å². The van der Waals surface area contributed by atoms with Crippen LogP contribution in [-0.2, 0) is 5.41 Å². The number of aromatic nitrogens is 3. The van der Waals surface area contributed by atoms with Crippen molar-refractivity contribution in [1.29, 1.82) is 0 Å². The van der Waals surface area contributed by atoms with Crippen LogP contribution in [0.15, 0.2) is 30.3 Å². The van der Waals surface area contributed by atoms with Gasteiger partial charge in [-0.05, 0) is 47.7 Å². The summed E-state index contributed by atoms with van der Waals surface area (Å²) < 4.78 is 0. The molecular formula is C17H18ClN3O. The van der Waals surface area contributed by atoms with Crippen LogP contribution < -0.4 is 0 Å². The number of halogens is 1. The minimum Gasteiger partial charge on any atom is -0.506 e. The van der Waals surface area contributed by atoms with Gasteiger partial charge in [0.2, 0.25) is 0 Å². The van der Waals surface area contributed by atoms with E-state index in [0.29, 0.717) is 16.2 Å². The molecule has 1 heterocycles. The van der Waals surface area contributed by atoms with Crippen LogP contribution in [0.4, 0.5) is 0 Å². The molecule has 0 saturated carbocycles. The van der Waals surface area contributed by atoms with Gasteiger partial charge in [-0.25, -0.2) is 0 Å². The SMILES string of the molecule is Cc1ccc(O)c(-n2nc3ccc(Cl)cc3n2)c1C(C)(C)C. The van der Waals surface area contributed by atoms with Crippen molar-refractivity contribution in [1.82, 2.24) is 15.0 Å². The molecule has 0 spiro atoms. The first-order chi connectivity index (χ1) is 10.3. The van der Waals surface area contributed by atoms with Gasteiger partial charge in [-0.15, -0.1) is 15.0 Å². The molecule has 0 aliphatic carbocycles. The van der Waals surface area contributed by atoms with Crippen LogP contribution >= 0.6 is 11.6 Å². The second kappa shape index (κ2) is 4.99. The van der Waals surface area contributed by atoms with Gasteiger partial charge in [0.05, 0.1) is 0 Å². The largest absolute Gasteiger partial charge is 0.506 e. The van der Waals surface area contributed by atoms with Gasteiger partial charge in [0.1, 0.15) is 22.5 Å². The zero-order valence-corrected chi connectivity index (χ0v) is 13.8. The molecule has 0 unspecified atom stereocenters.